The molecule has 130 valence electrons. The van der Waals surface area contributed by atoms with Crippen molar-refractivity contribution in [3.8, 4) is 0 Å². The number of hydrogen-bond acceptors (Lipinski definition) is 1. The minimum Gasteiger partial charge on any atom is -0.385 e. The molecule has 0 fully saturated rings. The normalized spacial score (nSPS) is 27.0. The fraction of sp³-hybridized carbons (Fsp3) is 0.280. The molecule has 3 aromatic carbocycles. The highest BCUT2D eigenvalue weighted by Gasteiger charge is 2.48. The molecule has 0 saturated heterocycles. The van der Waals surface area contributed by atoms with E-state index in [1.807, 2.05) is 6.07 Å². The van der Waals surface area contributed by atoms with Crippen molar-refractivity contribution in [3.63, 3.8) is 0 Å². The van der Waals surface area contributed by atoms with Crippen LogP contribution in [0.15, 0.2) is 78.9 Å². The summed E-state index contributed by atoms with van der Waals surface area (Å²) in [6.07, 6.45) is 3.75. The van der Waals surface area contributed by atoms with Gasteiger partial charge in [-0.15, -0.1) is 0 Å². The molecule has 5 rings (SSSR count). The second kappa shape index (κ2) is 6.10. The van der Waals surface area contributed by atoms with Gasteiger partial charge in [-0.3, -0.25) is 0 Å². The standard InChI is InChI=1S/C25H24O/c26-25(22-12-2-1-3-13-22)23-14-18-8-4-5-9-19(18)15-24(25)17-21-11-7-6-10-20(21)16-23/h1-13,23-24,26H,14-17H2. The summed E-state index contributed by atoms with van der Waals surface area (Å²) in [6, 6.07) is 28.0. The SMILES string of the molecule is OC1(c2ccccc2)C2Cc3ccccc3CC1Cc1ccccc1C2. The van der Waals surface area contributed by atoms with E-state index in [-0.39, 0.29) is 11.8 Å². The molecule has 0 unspecified atom stereocenters. The molecule has 0 amide bonds. The van der Waals surface area contributed by atoms with E-state index in [2.05, 4.69) is 72.8 Å². The zero-order chi connectivity index (χ0) is 17.6. The minimum atomic E-state index is -0.792. The van der Waals surface area contributed by atoms with E-state index in [9.17, 15) is 5.11 Å². The summed E-state index contributed by atoms with van der Waals surface area (Å²) in [7, 11) is 0. The molecule has 0 aromatic heterocycles. The van der Waals surface area contributed by atoms with E-state index in [1.54, 1.807) is 0 Å². The molecule has 0 heterocycles. The highest BCUT2D eigenvalue weighted by Crippen LogP contribution is 2.48. The van der Waals surface area contributed by atoms with Crippen molar-refractivity contribution in [1.29, 1.82) is 0 Å². The molecule has 0 spiro atoms. The van der Waals surface area contributed by atoms with Gasteiger partial charge in [-0.2, -0.15) is 0 Å². The van der Waals surface area contributed by atoms with E-state index in [4.69, 9.17) is 0 Å². The van der Waals surface area contributed by atoms with Gasteiger partial charge in [0.2, 0.25) is 0 Å². The van der Waals surface area contributed by atoms with Gasteiger partial charge in [-0.05, 0) is 53.5 Å². The first-order valence-corrected chi connectivity index (χ1v) is 9.66. The van der Waals surface area contributed by atoms with Crippen molar-refractivity contribution in [3.05, 3.63) is 107 Å². The Morgan fingerprint density at radius 1 is 0.538 bits per heavy atom. The molecule has 2 aliphatic rings. The van der Waals surface area contributed by atoms with Gasteiger partial charge < -0.3 is 5.11 Å². The minimum absolute atomic E-state index is 0.196. The Morgan fingerprint density at radius 3 is 1.27 bits per heavy atom. The van der Waals surface area contributed by atoms with Crippen molar-refractivity contribution in [2.45, 2.75) is 31.3 Å². The third kappa shape index (κ3) is 2.42. The van der Waals surface area contributed by atoms with Gasteiger partial charge in [-0.1, -0.05) is 78.9 Å². The van der Waals surface area contributed by atoms with Crippen LogP contribution in [0.4, 0.5) is 0 Å². The Balaban J connectivity index is 1.71. The smallest absolute Gasteiger partial charge is 0.0965 e. The molecule has 0 aliphatic heterocycles. The topological polar surface area (TPSA) is 20.2 Å². The van der Waals surface area contributed by atoms with Gasteiger partial charge in [0.25, 0.3) is 0 Å². The Morgan fingerprint density at radius 2 is 0.885 bits per heavy atom. The largest absolute Gasteiger partial charge is 0.385 e. The first kappa shape index (κ1) is 15.8. The van der Waals surface area contributed by atoms with Crippen molar-refractivity contribution >= 4 is 0 Å². The molecule has 0 saturated carbocycles. The van der Waals surface area contributed by atoms with E-state index in [0.29, 0.717) is 0 Å². The number of rotatable bonds is 1. The summed E-state index contributed by atoms with van der Waals surface area (Å²) in [6.45, 7) is 0. The van der Waals surface area contributed by atoms with Crippen molar-refractivity contribution in [2.75, 3.05) is 0 Å². The predicted molar refractivity (Wildman–Crippen MR) is 105 cm³/mol. The number of fused-ring (bicyclic) bond motifs is 4. The van der Waals surface area contributed by atoms with Crippen LogP contribution in [0, 0.1) is 11.8 Å². The molecular weight excluding hydrogens is 316 g/mol. The second-order valence-corrected chi connectivity index (χ2v) is 7.94. The molecule has 1 nitrogen and oxygen atoms in total. The van der Waals surface area contributed by atoms with Crippen LogP contribution in [0.3, 0.4) is 0 Å². The Bertz CT molecular complexity index is 822. The fourth-order valence-electron chi connectivity index (χ4n) is 5.25. The van der Waals surface area contributed by atoms with Gasteiger partial charge in [0.15, 0.2) is 0 Å². The molecule has 1 heteroatoms. The molecule has 0 atom stereocenters. The lowest BCUT2D eigenvalue weighted by molar-refractivity contribution is -0.0712. The summed E-state index contributed by atoms with van der Waals surface area (Å²) in [5.41, 5.74) is 5.93. The molecular formula is C25H24O. The van der Waals surface area contributed by atoms with Gasteiger partial charge in [-0.25, -0.2) is 0 Å². The number of benzene rings is 3. The van der Waals surface area contributed by atoms with Crippen LogP contribution in [0.25, 0.3) is 0 Å². The lowest BCUT2D eigenvalue weighted by atomic mass is 9.70. The zero-order valence-electron chi connectivity index (χ0n) is 14.9. The van der Waals surface area contributed by atoms with E-state index >= 15 is 0 Å². The third-order valence-corrected chi connectivity index (χ3v) is 6.58. The first-order valence-electron chi connectivity index (χ1n) is 9.66. The van der Waals surface area contributed by atoms with Crippen molar-refractivity contribution in [1.82, 2.24) is 0 Å². The third-order valence-electron chi connectivity index (χ3n) is 6.58. The van der Waals surface area contributed by atoms with Crippen LogP contribution in [-0.2, 0) is 31.3 Å². The lowest BCUT2D eigenvalue weighted by Gasteiger charge is -2.40. The molecule has 26 heavy (non-hydrogen) atoms. The molecule has 2 bridgehead atoms. The highest BCUT2D eigenvalue weighted by molar-refractivity contribution is 5.39. The molecule has 1 N–H and O–H groups in total. The quantitative estimate of drug-likeness (QED) is 0.680. The van der Waals surface area contributed by atoms with Crippen LogP contribution in [0.1, 0.15) is 27.8 Å². The maximum absolute atomic E-state index is 12.2. The first-order chi connectivity index (χ1) is 12.7. The fourth-order valence-corrected chi connectivity index (χ4v) is 5.25. The predicted octanol–water partition coefficient (Wildman–Crippen LogP) is 4.70. The van der Waals surface area contributed by atoms with Crippen LogP contribution in [0.5, 0.6) is 0 Å². The van der Waals surface area contributed by atoms with Crippen molar-refractivity contribution in [2.24, 2.45) is 11.8 Å². The van der Waals surface area contributed by atoms with Crippen LogP contribution in [0.2, 0.25) is 0 Å². The van der Waals surface area contributed by atoms with Crippen LogP contribution in [-0.4, -0.2) is 5.11 Å². The maximum Gasteiger partial charge on any atom is 0.0965 e. The van der Waals surface area contributed by atoms with Crippen LogP contribution >= 0.6 is 0 Å². The summed E-state index contributed by atoms with van der Waals surface area (Å²) in [5, 5.41) is 12.2. The average molecular weight is 340 g/mol. The van der Waals surface area contributed by atoms with Crippen molar-refractivity contribution < 1.29 is 5.11 Å². The van der Waals surface area contributed by atoms with Crippen LogP contribution < -0.4 is 0 Å². The summed E-state index contributed by atoms with van der Waals surface area (Å²) in [4.78, 5) is 0. The van der Waals surface area contributed by atoms with Gasteiger partial charge in [0.05, 0.1) is 5.60 Å². The Kier molecular flexibility index (Phi) is 3.72. The summed E-state index contributed by atoms with van der Waals surface area (Å²) in [5.74, 6) is 0.393. The monoisotopic (exact) mass is 340 g/mol. The Hall–Kier alpha value is -2.38. The number of aliphatic hydroxyl groups is 1. The molecule has 3 aromatic rings. The summed E-state index contributed by atoms with van der Waals surface area (Å²) >= 11 is 0. The summed E-state index contributed by atoms with van der Waals surface area (Å²) < 4.78 is 0. The highest BCUT2D eigenvalue weighted by atomic mass is 16.3. The van der Waals surface area contributed by atoms with E-state index in [0.717, 1.165) is 31.2 Å². The molecule has 2 aliphatic carbocycles. The molecule has 0 radical (unpaired) electrons. The second-order valence-electron chi connectivity index (χ2n) is 7.94. The number of hydrogen-bond donors (Lipinski definition) is 1. The van der Waals surface area contributed by atoms with Gasteiger partial charge >= 0.3 is 0 Å². The zero-order valence-corrected chi connectivity index (χ0v) is 14.9. The van der Waals surface area contributed by atoms with Gasteiger partial charge in [0.1, 0.15) is 0 Å². The Labute approximate surface area is 155 Å². The lowest BCUT2D eigenvalue weighted by Crippen LogP contribution is -2.43. The van der Waals surface area contributed by atoms with Gasteiger partial charge in [0, 0.05) is 11.8 Å². The van der Waals surface area contributed by atoms with E-state index in [1.165, 1.54) is 22.3 Å². The average Bonchev–Trinajstić information content (AvgIpc) is 2.88. The maximum atomic E-state index is 12.2. The van der Waals surface area contributed by atoms with E-state index < -0.39 is 5.60 Å².